The molecule has 5 heteroatoms. The predicted molar refractivity (Wildman–Crippen MR) is 64.9 cm³/mol. The normalized spacial score (nSPS) is 10.5. The molecule has 0 unspecified atom stereocenters. The van der Waals surface area contributed by atoms with E-state index < -0.39 is 5.97 Å². The van der Waals surface area contributed by atoms with E-state index in [-0.39, 0.29) is 5.56 Å². The van der Waals surface area contributed by atoms with Crippen molar-refractivity contribution in [2.75, 3.05) is 0 Å². The molecule has 0 aliphatic carbocycles. The van der Waals surface area contributed by atoms with Crippen molar-refractivity contribution in [3.8, 4) is 5.69 Å². The zero-order valence-corrected chi connectivity index (χ0v) is 9.98. The average Bonchev–Trinajstić information content (AvgIpc) is 2.73. The van der Waals surface area contributed by atoms with Crippen LogP contribution in [-0.4, -0.2) is 20.9 Å². The highest BCUT2D eigenvalue weighted by Crippen LogP contribution is 2.20. The van der Waals surface area contributed by atoms with Crippen LogP contribution in [0.2, 0.25) is 5.02 Å². The number of aromatic carboxylic acids is 1. The molecule has 0 saturated carbocycles. The van der Waals surface area contributed by atoms with Crippen LogP contribution in [0, 0.1) is 0 Å². The fourth-order valence-corrected chi connectivity index (χ4v) is 1.83. The minimum absolute atomic E-state index is 0.215. The van der Waals surface area contributed by atoms with E-state index in [9.17, 15) is 4.79 Å². The number of carboxylic acid groups (broad SMARTS) is 1. The van der Waals surface area contributed by atoms with Crippen LogP contribution in [0.25, 0.3) is 5.69 Å². The SMILES string of the molecule is CCc1nn(-c2ccccc2Cl)cc1C(=O)O. The van der Waals surface area contributed by atoms with Gasteiger partial charge in [-0.3, -0.25) is 0 Å². The minimum Gasteiger partial charge on any atom is -0.478 e. The van der Waals surface area contributed by atoms with E-state index >= 15 is 0 Å². The van der Waals surface area contributed by atoms with E-state index in [0.29, 0.717) is 22.8 Å². The molecule has 1 heterocycles. The van der Waals surface area contributed by atoms with Crippen LogP contribution in [0.1, 0.15) is 23.0 Å². The van der Waals surface area contributed by atoms with Crippen LogP contribution in [0.3, 0.4) is 0 Å². The Kier molecular flexibility index (Phi) is 3.15. The Morgan fingerprint density at radius 3 is 2.71 bits per heavy atom. The topological polar surface area (TPSA) is 55.1 Å². The Morgan fingerprint density at radius 1 is 1.47 bits per heavy atom. The van der Waals surface area contributed by atoms with E-state index in [1.54, 1.807) is 12.1 Å². The van der Waals surface area contributed by atoms with Gasteiger partial charge in [-0.05, 0) is 18.6 Å². The van der Waals surface area contributed by atoms with Crippen molar-refractivity contribution < 1.29 is 9.90 Å². The number of aryl methyl sites for hydroxylation is 1. The average molecular weight is 251 g/mol. The number of para-hydroxylation sites is 1. The van der Waals surface area contributed by atoms with Gasteiger partial charge in [0, 0.05) is 6.20 Å². The van der Waals surface area contributed by atoms with Gasteiger partial charge in [0.1, 0.15) is 5.56 Å². The van der Waals surface area contributed by atoms with Crippen molar-refractivity contribution in [3.63, 3.8) is 0 Å². The number of nitrogens with zero attached hydrogens (tertiary/aromatic N) is 2. The molecule has 0 fully saturated rings. The first-order chi connectivity index (χ1) is 8.13. The summed E-state index contributed by atoms with van der Waals surface area (Å²) in [5.41, 5.74) is 1.45. The number of benzene rings is 1. The smallest absolute Gasteiger partial charge is 0.339 e. The lowest BCUT2D eigenvalue weighted by atomic mass is 10.2. The second-order valence-corrected chi connectivity index (χ2v) is 3.95. The molecule has 1 N–H and O–H groups in total. The molecule has 2 aromatic rings. The summed E-state index contributed by atoms with van der Waals surface area (Å²) < 4.78 is 1.50. The third kappa shape index (κ3) is 2.17. The van der Waals surface area contributed by atoms with Crippen LogP contribution >= 0.6 is 11.6 Å². The van der Waals surface area contributed by atoms with Crippen LogP contribution < -0.4 is 0 Å². The summed E-state index contributed by atoms with van der Waals surface area (Å²) in [7, 11) is 0. The molecule has 88 valence electrons. The van der Waals surface area contributed by atoms with Gasteiger partial charge in [-0.25, -0.2) is 9.48 Å². The molecule has 0 amide bonds. The second kappa shape index (κ2) is 4.59. The van der Waals surface area contributed by atoms with Gasteiger partial charge in [0.25, 0.3) is 0 Å². The third-order valence-corrected chi connectivity index (χ3v) is 2.77. The van der Waals surface area contributed by atoms with Gasteiger partial charge >= 0.3 is 5.97 Å². The number of carboxylic acids is 1. The van der Waals surface area contributed by atoms with E-state index in [1.807, 2.05) is 19.1 Å². The molecule has 0 radical (unpaired) electrons. The molecule has 2 rings (SSSR count). The van der Waals surface area contributed by atoms with E-state index in [4.69, 9.17) is 16.7 Å². The maximum Gasteiger partial charge on any atom is 0.339 e. The van der Waals surface area contributed by atoms with Crippen LogP contribution in [-0.2, 0) is 6.42 Å². The Hall–Kier alpha value is -1.81. The number of rotatable bonds is 3. The van der Waals surface area contributed by atoms with Gasteiger partial charge in [-0.15, -0.1) is 0 Å². The monoisotopic (exact) mass is 250 g/mol. The van der Waals surface area contributed by atoms with Crippen molar-refractivity contribution in [2.24, 2.45) is 0 Å². The third-order valence-electron chi connectivity index (χ3n) is 2.46. The Labute approximate surface area is 103 Å². The standard InChI is InChI=1S/C12H11ClN2O2/c1-2-10-8(12(16)17)7-15(14-10)11-6-4-3-5-9(11)13/h3-7H,2H2,1H3,(H,16,17). The molecule has 1 aromatic heterocycles. The molecule has 0 spiro atoms. The maximum absolute atomic E-state index is 11.0. The van der Waals surface area contributed by atoms with Crippen LogP contribution in [0.5, 0.6) is 0 Å². The van der Waals surface area contributed by atoms with Crippen molar-refractivity contribution in [1.82, 2.24) is 9.78 Å². The molecule has 0 saturated heterocycles. The molecule has 4 nitrogen and oxygen atoms in total. The first kappa shape index (κ1) is 11.7. The highest BCUT2D eigenvalue weighted by atomic mass is 35.5. The second-order valence-electron chi connectivity index (χ2n) is 3.54. The lowest BCUT2D eigenvalue weighted by Gasteiger charge is -2.02. The highest BCUT2D eigenvalue weighted by molar-refractivity contribution is 6.32. The zero-order valence-electron chi connectivity index (χ0n) is 9.22. The summed E-state index contributed by atoms with van der Waals surface area (Å²) in [4.78, 5) is 11.0. The maximum atomic E-state index is 11.0. The lowest BCUT2D eigenvalue weighted by Crippen LogP contribution is -1.98. The summed E-state index contributed by atoms with van der Waals surface area (Å²) in [6, 6.07) is 7.17. The summed E-state index contributed by atoms with van der Waals surface area (Å²) in [6.07, 6.45) is 2.06. The van der Waals surface area contributed by atoms with E-state index in [0.717, 1.165) is 0 Å². The largest absolute Gasteiger partial charge is 0.478 e. The number of aromatic nitrogens is 2. The number of hydrogen-bond donors (Lipinski definition) is 1. The number of halogens is 1. The van der Waals surface area contributed by atoms with E-state index in [1.165, 1.54) is 10.9 Å². The molecule has 0 atom stereocenters. The summed E-state index contributed by atoms with van der Waals surface area (Å²) >= 11 is 6.03. The molecule has 17 heavy (non-hydrogen) atoms. The van der Waals surface area contributed by atoms with Crippen molar-refractivity contribution in [1.29, 1.82) is 0 Å². The van der Waals surface area contributed by atoms with Gasteiger partial charge in [0.2, 0.25) is 0 Å². The van der Waals surface area contributed by atoms with Gasteiger partial charge in [0.05, 0.1) is 16.4 Å². The molecule has 0 aliphatic heterocycles. The molecule has 1 aromatic carbocycles. The summed E-state index contributed by atoms with van der Waals surface area (Å²) in [5.74, 6) is -0.972. The fourth-order valence-electron chi connectivity index (χ4n) is 1.61. The molecular formula is C12H11ClN2O2. The molecular weight excluding hydrogens is 240 g/mol. The fraction of sp³-hybridized carbons (Fsp3) is 0.167. The number of carbonyl (C=O) groups is 1. The Balaban J connectivity index is 2.54. The summed E-state index contributed by atoms with van der Waals surface area (Å²) in [5, 5.41) is 13.8. The Bertz CT molecular complexity index is 563. The zero-order chi connectivity index (χ0) is 12.4. The predicted octanol–water partition coefficient (Wildman–Crippen LogP) is 2.79. The summed E-state index contributed by atoms with van der Waals surface area (Å²) in [6.45, 7) is 1.87. The first-order valence-electron chi connectivity index (χ1n) is 5.20. The van der Waals surface area contributed by atoms with Crippen LogP contribution in [0.15, 0.2) is 30.5 Å². The minimum atomic E-state index is -0.972. The lowest BCUT2D eigenvalue weighted by molar-refractivity contribution is 0.0695. The van der Waals surface area contributed by atoms with E-state index in [2.05, 4.69) is 5.10 Å². The quantitative estimate of drug-likeness (QED) is 0.911. The Morgan fingerprint density at radius 2 is 2.18 bits per heavy atom. The first-order valence-corrected chi connectivity index (χ1v) is 5.58. The van der Waals surface area contributed by atoms with Crippen molar-refractivity contribution in [3.05, 3.63) is 46.7 Å². The highest BCUT2D eigenvalue weighted by Gasteiger charge is 2.15. The molecule has 0 aliphatic rings. The van der Waals surface area contributed by atoms with Gasteiger partial charge in [-0.2, -0.15) is 5.10 Å². The van der Waals surface area contributed by atoms with Crippen molar-refractivity contribution in [2.45, 2.75) is 13.3 Å². The number of hydrogen-bond acceptors (Lipinski definition) is 2. The van der Waals surface area contributed by atoms with Crippen LogP contribution in [0.4, 0.5) is 0 Å². The van der Waals surface area contributed by atoms with Gasteiger partial charge < -0.3 is 5.11 Å². The van der Waals surface area contributed by atoms with Gasteiger partial charge in [-0.1, -0.05) is 30.7 Å². The van der Waals surface area contributed by atoms with Crippen molar-refractivity contribution >= 4 is 17.6 Å². The van der Waals surface area contributed by atoms with Gasteiger partial charge in [0.15, 0.2) is 0 Å². The molecule has 0 bridgehead atoms.